The van der Waals surface area contributed by atoms with Gasteiger partial charge in [0.25, 0.3) is 11.6 Å². The third kappa shape index (κ3) is 3.86. The predicted molar refractivity (Wildman–Crippen MR) is 128 cm³/mol. The molecule has 1 aliphatic rings. The molecule has 0 radical (unpaired) electrons. The van der Waals surface area contributed by atoms with Crippen molar-refractivity contribution in [1.29, 1.82) is 0 Å². The molecule has 10 nitrogen and oxygen atoms in total. The molecule has 1 aliphatic heterocycles. The molecule has 2 N–H and O–H groups in total. The lowest BCUT2D eigenvalue weighted by Gasteiger charge is -2.33. The number of amidine groups is 1. The fourth-order valence-electron chi connectivity index (χ4n) is 3.45. The number of non-ortho nitro benzene ring substituents is 1. The number of halogens is 1. The second kappa shape index (κ2) is 8.50. The number of nitro groups is 1. The van der Waals surface area contributed by atoms with Gasteiger partial charge in [-0.05, 0) is 46.9 Å². The lowest BCUT2D eigenvalue weighted by atomic mass is 10.1. The van der Waals surface area contributed by atoms with Crippen molar-refractivity contribution < 1.29 is 14.1 Å². The third-order valence-electron chi connectivity index (χ3n) is 5.01. The van der Waals surface area contributed by atoms with Gasteiger partial charge in [-0.1, -0.05) is 30.3 Å². The molecule has 3 heterocycles. The van der Waals surface area contributed by atoms with Crippen LogP contribution in [0.3, 0.4) is 0 Å². The number of rotatable bonds is 5. The number of furan rings is 1. The molecule has 0 saturated heterocycles. The van der Waals surface area contributed by atoms with E-state index in [0.717, 1.165) is 0 Å². The Morgan fingerprint density at radius 2 is 1.97 bits per heavy atom. The Morgan fingerprint density at radius 1 is 1.15 bits per heavy atom. The Hall–Kier alpha value is -4.00. The van der Waals surface area contributed by atoms with Gasteiger partial charge in [0.1, 0.15) is 9.74 Å². The number of benzene rings is 2. The molecule has 164 valence electrons. The maximum absolute atomic E-state index is 13.0. The van der Waals surface area contributed by atoms with Gasteiger partial charge in [0.2, 0.25) is 0 Å². The first kappa shape index (κ1) is 20.9. The van der Waals surface area contributed by atoms with E-state index >= 15 is 0 Å². The first-order valence-corrected chi connectivity index (χ1v) is 11.0. The van der Waals surface area contributed by atoms with Crippen LogP contribution < -0.4 is 5.43 Å². The van der Waals surface area contributed by atoms with Crippen molar-refractivity contribution in [2.24, 2.45) is 4.99 Å². The number of nitrogens with one attached hydrogen (secondary N) is 2. The van der Waals surface area contributed by atoms with Gasteiger partial charge in [-0.3, -0.25) is 25.4 Å². The summed E-state index contributed by atoms with van der Waals surface area (Å²) in [5.74, 6) is 0.522. The molecule has 2 aromatic carbocycles. The molecule has 5 rings (SSSR count). The Kier molecular flexibility index (Phi) is 5.38. The summed E-state index contributed by atoms with van der Waals surface area (Å²) in [6.07, 6.45) is 1.54. The largest absolute Gasteiger partial charge is 0.463 e. The minimum atomic E-state index is -0.473. The molecule has 2 aromatic heterocycles. The molecule has 0 aliphatic carbocycles. The lowest BCUT2D eigenvalue weighted by molar-refractivity contribution is -0.384. The van der Waals surface area contributed by atoms with Crippen molar-refractivity contribution in [3.63, 3.8) is 0 Å². The first-order chi connectivity index (χ1) is 16.0. The molecule has 0 fully saturated rings. The van der Waals surface area contributed by atoms with Crippen LogP contribution in [0.25, 0.3) is 11.5 Å². The van der Waals surface area contributed by atoms with E-state index in [0.29, 0.717) is 39.8 Å². The van der Waals surface area contributed by atoms with Gasteiger partial charge in [-0.2, -0.15) is 5.10 Å². The van der Waals surface area contributed by atoms with Crippen molar-refractivity contribution >= 4 is 45.7 Å². The molecule has 1 amide bonds. The smallest absolute Gasteiger partial charge is 0.270 e. The summed E-state index contributed by atoms with van der Waals surface area (Å²) in [6, 6.07) is 18.4. The van der Waals surface area contributed by atoms with Crippen LogP contribution in [0.2, 0.25) is 0 Å². The highest BCUT2D eigenvalue weighted by atomic mass is 127. The van der Waals surface area contributed by atoms with E-state index in [-0.39, 0.29) is 11.6 Å². The average Bonchev–Trinajstić information content (AvgIpc) is 3.51. The molecular formula is C22H15IN6O4. The number of fused-ring (bicyclic) bond motifs is 1. The topological polar surface area (TPSA) is 130 Å². The van der Waals surface area contributed by atoms with Gasteiger partial charge in [0.15, 0.2) is 17.3 Å². The number of nitro benzene ring substituents is 1. The van der Waals surface area contributed by atoms with Gasteiger partial charge in [0.05, 0.1) is 16.9 Å². The molecule has 0 spiro atoms. The van der Waals surface area contributed by atoms with Gasteiger partial charge < -0.3 is 4.42 Å². The predicted octanol–water partition coefficient (Wildman–Crippen LogP) is 4.75. The molecule has 4 aromatic rings. The quantitative estimate of drug-likeness (QED) is 0.120. The maximum atomic E-state index is 13.0. The van der Waals surface area contributed by atoms with E-state index in [2.05, 4.69) is 38.2 Å². The number of hydrogen-bond donors (Lipinski definition) is 2. The Bertz CT molecular complexity index is 1370. The van der Waals surface area contributed by atoms with Crippen LogP contribution in [-0.4, -0.2) is 31.9 Å². The third-order valence-corrected chi connectivity index (χ3v) is 6.19. The zero-order chi connectivity index (χ0) is 22.9. The van der Waals surface area contributed by atoms with Crippen LogP contribution in [0.4, 0.5) is 11.4 Å². The highest BCUT2D eigenvalue weighted by Crippen LogP contribution is 2.43. The average molecular weight is 554 g/mol. The number of aromatic nitrogens is 2. The number of nitrogens with zero attached hydrogens (tertiary/aromatic N) is 4. The zero-order valence-electron chi connectivity index (χ0n) is 16.8. The van der Waals surface area contributed by atoms with E-state index in [4.69, 9.17) is 9.41 Å². The normalized spacial score (nSPS) is 15.0. The van der Waals surface area contributed by atoms with Crippen LogP contribution in [-0.2, 0) is 0 Å². The molecule has 0 bridgehead atoms. The number of hydrazine groups is 1. The number of carbonyl (C=O) groups excluding carboxylic acids is 1. The number of amides is 1. The number of hydrogen-bond acceptors (Lipinski definition) is 7. The molecule has 1 unspecified atom stereocenters. The summed E-state index contributed by atoms with van der Waals surface area (Å²) in [4.78, 5) is 28.6. The van der Waals surface area contributed by atoms with Crippen LogP contribution >= 0.6 is 22.6 Å². The highest BCUT2D eigenvalue weighted by molar-refractivity contribution is 14.1. The summed E-state index contributed by atoms with van der Waals surface area (Å²) in [7, 11) is 0. The Labute approximate surface area is 200 Å². The summed E-state index contributed by atoms with van der Waals surface area (Å²) >= 11 is 2.15. The Morgan fingerprint density at radius 3 is 2.70 bits per heavy atom. The van der Waals surface area contributed by atoms with Crippen molar-refractivity contribution in [2.75, 3.05) is 0 Å². The van der Waals surface area contributed by atoms with E-state index in [1.54, 1.807) is 59.8 Å². The minimum absolute atomic E-state index is 0.0845. The molecule has 33 heavy (non-hydrogen) atoms. The van der Waals surface area contributed by atoms with E-state index in [1.807, 2.05) is 6.07 Å². The minimum Gasteiger partial charge on any atom is -0.463 e. The van der Waals surface area contributed by atoms with Gasteiger partial charge in [0, 0.05) is 23.3 Å². The monoisotopic (exact) mass is 554 g/mol. The van der Waals surface area contributed by atoms with Crippen LogP contribution in [0.15, 0.2) is 82.4 Å². The Balaban J connectivity index is 1.62. The number of aromatic amines is 1. The fraction of sp³-hybridized carbons (Fsp3) is 0.0455. The van der Waals surface area contributed by atoms with Crippen molar-refractivity contribution in [3.05, 3.63) is 99.9 Å². The fourth-order valence-corrected chi connectivity index (χ4v) is 4.28. The lowest BCUT2D eigenvalue weighted by Crippen LogP contribution is -2.48. The summed E-state index contributed by atoms with van der Waals surface area (Å²) in [5, 5.41) is 20.3. The van der Waals surface area contributed by atoms with Crippen molar-refractivity contribution in [1.82, 2.24) is 20.6 Å². The van der Waals surface area contributed by atoms with E-state index < -0.39 is 8.97 Å². The van der Waals surface area contributed by atoms with Crippen molar-refractivity contribution in [3.8, 4) is 11.5 Å². The van der Waals surface area contributed by atoms with Crippen molar-refractivity contribution in [2.45, 2.75) is 4.05 Å². The second-order valence-corrected chi connectivity index (χ2v) is 8.25. The van der Waals surface area contributed by atoms with E-state index in [1.165, 1.54) is 12.1 Å². The van der Waals surface area contributed by atoms with Crippen LogP contribution in [0.1, 0.15) is 25.7 Å². The molecule has 0 saturated carbocycles. The molecule has 1 atom stereocenters. The first-order valence-electron chi connectivity index (χ1n) is 9.78. The number of carbonyl (C=O) groups is 1. The van der Waals surface area contributed by atoms with Gasteiger partial charge >= 0.3 is 0 Å². The molecule has 11 heteroatoms. The number of H-pyrrole nitrogens is 1. The summed E-state index contributed by atoms with van der Waals surface area (Å²) < 4.78 is 5.06. The van der Waals surface area contributed by atoms with Gasteiger partial charge in [-0.15, -0.1) is 0 Å². The van der Waals surface area contributed by atoms with Crippen LogP contribution in [0, 0.1) is 10.1 Å². The second-order valence-electron chi connectivity index (χ2n) is 7.07. The SMILES string of the molecule is O=C(NN1C(c2cccc([N+](=O)[O-])c2)=Nc2c(-c3ccco3)n[nH]c2C1I)c1ccccc1. The number of aliphatic imine (C=N–C) groups is 1. The summed E-state index contributed by atoms with van der Waals surface area (Å²) in [5.41, 5.74) is 5.43. The van der Waals surface area contributed by atoms with Gasteiger partial charge in [-0.25, -0.2) is 10.0 Å². The highest BCUT2D eigenvalue weighted by Gasteiger charge is 2.35. The standard InChI is InChI=1S/C22H15IN6O4/c23-20-19-18(17(25-26-19)16-10-5-11-33-16)24-21(14-8-4-9-15(12-14)29(31)32)28(20)27-22(30)13-6-2-1-3-7-13/h1-12,20H,(H,25,26)(H,27,30). The summed E-state index contributed by atoms with van der Waals surface area (Å²) in [6.45, 7) is 0. The maximum Gasteiger partial charge on any atom is 0.270 e. The zero-order valence-corrected chi connectivity index (χ0v) is 19.0. The van der Waals surface area contributed by atoms with Crippen LogP contribution in [0.5, 0.6) is 0 Å². The van der Waals surface area contributed by atoms with E-state index in [9.17, 15) is 14.9 Å². The molecular weight excluding hydrogens is 539 g/mol. The number of alkyl halides is 1.